The van der Waals surface area contributed by atoms with Crippen LogP contribution in [0.3, 0.4) is 0 Å². The largest absolute Gasteiger partial charge is 0.444 e. The van der Waals surface area contributed by atoms with Gasteiger partial charge >= 0.3 is 6.09 Å². The fraction of sp³-hybridized carbons (Fsp3) is 0.812. The van der Waals surface area contributed by atoms with Gasteiger partial charge < -0.3 is 15.4 Å². The molecule has 0 saturated carbocycles. The molecular formula is C16H29N3O4. The highest BCUT2D eigenvalue weighted by molar-refractivity contribution is 5.91. The van der Waals surface area contributed by atoms with Crippen molar-refractivity contribution in [2.45, 2.75) is 65.1 Å². The molecule has 1 aliphatic heterocycles. The quantitative estimate of drug-likeness (QED) is 0.814. The van der Waals surface area contributed by atoms with Gasteiger partial charge in [0.15, 0.2) is 0 Å². The number of rotatable bonds is 4. The third-order valence-corrected chi connectivity index (χ3v) is 3.68. The maximum atomic E-state index is 12.5. The lowest BCUT2D eigenvalue weighted by molar-refractivity contribution is -0.132. The Labute approximate surface area is 138 Å². The number of amides is 3. The molecule has 0 aromatic heterocycles. The minimum absolute atomic E-state index is 0.0460. The lowest BCUT2D eigenvalue weighted by Gasteiger charge is -2.29. The monoisotopic (exact) mass is 327 g/mol. The van der Waals surface area contributed by atoms with Gasteiger partial charge in [-0.25, -0.2) is 4.79 Å². The van der Waals surface area contributed by atoms with E-state index in [1.807, 2.05) is 13.8 Å². The molecule has 7 nitrogen and oxygen atoms in total. The minimum Gasteiger partial charge on any atom is -0.444 e. The molecular weight excluding hydrogens is 298 g/mol. The van der Waals surface area contributed by atoms with Crippen LogP contribution in [0.2, 0.25) is 0 Å². The van der Waals surface area contributed by atoms with Crippen molar-refractivity contribution >= 4 is 17.9 Å². The molecule has 2 atom stereocenters. The van der Waals surface area contributed by atoms with Gasteiger partial charge in [-0.2, -0.15) is 0 Å². The van der Waals surface area contributed by atoms with Crippen molar-refractivity contribution in [2.24, 2.45) is 5.92 Å². The van der Waals surface area contributed by atoms with Crippen LogP contribution in [0, 0.1) is 5.92 Å². The highest BCUT2D eigenvalue weighted by Crippen LogP contribution is 2.21. The third kappa shape index (κ3) is 5.41. The molecule has 3 amide bonds. The number of hydrogen-bond acceptors (Lipinski definition) is 4. The summed E-state index contributed by atoms with van der Waals surface area (Å²) in [7, 11) is 1.53. The van der Waals surface area contributed by atoms with Gasteiger partial charge in [-0.05, 0) is 39.5 Å². The van der Waals surface area contributed by atoms with E-state index in [-0.39, 0.29) is 17.7 Å². The van der Waals surface area contributed by atoms with Crippen LogP contribution in [-0.4, -0.2) is 54.1 Å². The standard InChI is InChI=1S/C16H29N3O4/c1-10(2)12(14(21)17-6)18-13(20)11-8-7-9-19(11)15(22)23-16(3,4)5/h10-12H,7-9H2,1-6H3,(H,17,21)(H,18,20)/t11-,12-/m0/s1. The maximum absolute atomic E-state index is 12.5. The second-order valence-corrected chi connectivity index (χ2v) is 7.18. The van der Waals surface area contributed by atoms with Crippen LogP contribution in [0.4, 0.5) is 4.79 Å². The summed E-state index contributed by atoms with van der Waals surface area (Å²) >= 11 is 0. The predicted octanol–water partition coefficient (Wildman–Crippen LogP) is 1.27. The Morgan fingerprint density at radius 1 is 1.22 bits per heavy atom. The van der Waals surface area contributed by atoms with E-state index in [2.05, 4.69) is 10.6 Å². The Morgan fingerprint density at radius 2 is 1.83 bits per heavy atom. The number of carbonyl (C=O) groups excluding carboxylic acids is 3. The molecule has 7 heteroatoms. The van der Waals surface area contributed by atoms with Crippen LogP contribution in [0.25, 0.3) is 0 Å². The number of hydrogen-bond donors (Lipinski definition) is 2. The summed E-state index contributed by atoms with van der Waals surface area (Å²) in [5.74, 6) is -0.596. The van der Waals surface area contributed by atoms with E-state index in [4.69, 9.17) is 4.74 Å². The van der Waals surface area contributed by atoms with Crippen molar-refractivity contribution in [1.82, 2.24) is 15.5 Å². The van der Waals surface area contributed by atoms with Gasteiger partial charge in [0.25, 0.3) is 0 Å². The summed E-state index contributed by atoms with van der Waals surface area (Å²) in [6.07, 6.45) is 0.823. The van der Waals surface area contributed by atoms with E-state index >= 15 is 0 Å². The maximum Gasteiger partial charge on any atom is 0.410 e. The molecule has 1 saturated heterocycles. The summed E-state index contributed by atoms with van der Waals surface area (Å²) in [6.45, 7) is 9.57. The van der Waals surface area contributed by atoms with Crippen LogP contribution in [0.5, 0.6) is 0 Å². The Kier molecular flexibility index (Phi) is 6.41. The first-order chi connectivity index (χ1) is 10.6. The lowest BCUT2D eigenvalue weighted by Crippen LogP contribution is -2.54. The summed E-state index contributed by atoms with van der Waals surface area (Å²) in [4.78, 5) is 38.1. The summed E-state index contributed by atoms with van der Waals surface area (Å²) in [6, 6.07) is -1.20. The van der Waals surface area contributed by atoms with E-state index in [0.29, 0.717) is 13.0 Å². The molecule has 1 aliphatic rings. The van der Waals surface area contributed by atoms with E-state index in [1.54, 1.807) is 20.8 Å². The molecule has 0 spiro atoms. The Bertz CT molecular complexity index is 457. The lowest BCUT2D eigenvalue weighted by atomic mass is 10.0. The average molecular weight is 327 g/mol. The molecule has 0 bridgehead atoms. The zero-order valence-electron chi connectivity index (χ0n) is 14.9. The van der Waals surface area contributed by atoms with Gasteiger partial charge in [-0.1, -0.05) is 13.8 Å². The SMILES string of the molecule is CNC(=O)[C@@H](NC(=O)[C@@H]1CCCN1C(=O)OC(C)(C)C)C(C)C. The summed E-state index contributed by atoms with van der Waals surface area (Å²) < 4.78 is 5.35. The zero-order chi connectivity index (χ0) is 17.8. The second-order valence-electron chi connectivity index (χ2n) is 7.18. The van der Waals surface area contributed by atoms with Crippen molar-refractivity contribution in [3.05, 3.63) is 0 Å². The van der Waals surface area contributed by atoms with Crippen molar-refractivity contribution in [1.29, 1.82) is 0 Å². The zero-order valence-corrected chi connectivity index (χ0v) is 14.9. The van der Waals surface area contributed by atoms with E-state index in [9.17, 15) is 14.4 Å². The molecule has 0 aromatic rings. The first-order valence-electron chi connectivity index (χ1n) is 8.08. The average Bonchev–Trinajstić information content (AvgIpc) is 2.91. The molecule has 132 valence electrons. The Hall–Kier alpha value is -1.79. The molecule has 2 N–H and O–H groups in total. The number of likely N-dealkylation sites (tertiary alicyclic amines) is 1. The van der Waals surface area contributed by atoms with Crippen LogP contribution in [0.15, 0.2) is 0 Å². The summed E-state index contributed by atoms with van der Waals surface area (Å²) in [5, 5.41) is 5.30. The molecule has 0 radical (unpaired) electrons. The number of nitrogens with zero attached hydrogens (tertiary/aromatic N) is 1. The molecule has 1 rings (SSSR count). The molecule has 0 aromatic carbocycles. The van der Waals surface area contributed by atoms with Crippen molar-refractivity contribution < 1.29 is 19.1 Å². The van der Waals surface area contributed by atoms with Gasteiger partial charge in [0, 0.05) is 13.6 Å². The van der Waals surface area contributed by atoms with Gasteiger partial charge in [0.1, 0.15) is 17.7 Å². The predicted molar refractivity (Wildman–Crippen MR) is 86.8 cm³/mol. The molecule has 1 heterocycles. The molecule has 0 aliphatic carbocycles. The fourth-order valence-electron chi connectivity index (χ4n) is 2.52. The van der Waals surface area contributed by atoms with Crippen molar-refractivity contribution in [3.63, 3.8) is 0 Å². The minimum atomic E-state index is -0.617. The van der Waals surface area contributed by atoms with Crippen LogP contribution >= 0.6 is 0 Å². The van der Waals surface area contributed by atoms with Crippen LogP contribution < -0.4 is 10.6 Å². The third-order valence-electron chi connectivity index (χ3n) is 3.68. The highest BCUT2D eigenvalue weighted by atomic mass is 16.6. The normalized spacial score (nSPS) is 19.4. The fourth-order valence-corrected chi connectivity index (χ4v) is 2.52. The van der Waals surface area contributed by atoms with Gasteiger partial charge in [0.2, 0.25) is 11.8 Å². The highest BCUT2D eigenvalue weighted by Gasteiger charge is 2.38. The number of likely N-dealkylation sites (N-methyl/N-ethyl adjacent to an activating group) is 1. The topological polar surface area (TPSA) is 87.7 Å². The number of nitrogens with one attached hydrogen (secondary N) is 2. The summed E-state index contributed by atoms with van der Waals surface area (Å²) in [5.41, 5.74) is -0.608. The first kappa shape index (κ1) is 19.3. The first-order valence-corrected chi connectivity index (χ1v) is 8.08. The van der Waals surface area contributed by atoms with Crippen LogP contribution in [-0.2, 0) is 14.3 Å². The van der Waals surface area contributed by atoms with E-state index in [0.717, 1.165) is 6.42 Å². The smallest absolute Gasteiger partial charge is 0.410 e. The Balaban J connectivity index is 2.77. The van der Waals surface area contributed by atoms with E-state index < -0.39 is 23.8 Å². The van der Waals surface area contributed by atoms with Gasteiger partial charge in [-0.3, -0.25) is 14.5 Å². The molecule has 0 unspecified atom stereocenters. The van der Waals surface area contributed by atoms with Gasteiger partial charge in [-0.15, -0.1) is 0 Å². The second kappa shape index (κ2) is 7.66. The van der Waals surface area contributed by atoms with Crippen molar-refractivity contribution in [3.8, 4) is 0 Å². The molecule has 23 heavy (non-hydrogen) atoms. The number of carbonyl (C=O) groups is 3. The van der Waals surface area contributed by atoms with Crippen LogP contribution in [0.1, 0.15) is 47.5 Å². The van der Waals surface area contributed by atoms with Crippen molar-refractivity contribution in [2.75, 3.05) is 13.6 Å². The van der Waals surface area contributed by atoms with E-state index in [1.165, 1.54) is 11.9 Å². The number of ether oxygens (including phenoxy) is 1. The van der Waals surface area contributed by atoms with Gasteiger partial charge in [0.05, 0.1) is 0 Å². The Morgan fingerprint density at radius 3 is 2.30 bits per heavy atom. The molecule has 1 fully saturated rings.